The first-order valence-corrected chi connectivity index (χ1v) is 4.70. The number of hydrogen-bond donors (Lipinski definition) is 4. The number of carboxylic acids is 1. The van der Waals surface area contributed by atoms with E-state index in [4.69, 9.17) is 10.2 Å². The number of hydrogen-bond acceptors (Lipinski definition) is 3. The SMILES string of the molecule is O=C(NC[C@H](O)C(=O)O)Nc1ccc(F)cc1. The first-order chi connectivity index (χ1) is 7.99. The van der Waals surface area contributed by atoms with Gasteiger partial charge in [0.05, 0.1) is 6.54 Å². The Labute approximate surface area is 96.1 Å². The highest BCUT2D eigenvalue weighted by molar-refractivity contribution is 5.89. The van der Waals surface area contributed by atoms with Crippen LogP contribution in [0.4, 0.5) is 14.9 Å². The van der Waals surface area contributed by atoms with Crippen molar-refractivity contribution in [2.75, 3.05) is 11.9 Å². The van der Waals surface area contributed by atoms with Gasteiger partial charge in [0, 0.05) is 5.69 Å². The summed E-state index contributed by atoms with van der Waals surface area (Å²) in [6.45, 7) is -0.414. The van der Waals surface area contributed by atoms with E-state index in [2.05, 4.69) is 10.6 Å². The van der Waals surface area contributed by atoms with Crippen LogP contribution in [-0.2, 0) is 4.79 Å². The largest absolute Gasteiger partial charge is 0.479 e. The topological polar surface area (TPSA) is 98.7 Å². The fraction of sp³-hybridized carbons (Fsp3) is 0.200. The summed E-state index contributed by atoms with van der Waals surface area (Å²) in [5.74, 6) is -1.86. The molecule has 2 amide bonds. The minimum Gasteiger partial charge on any atom is -0.479 e. The maximum Gasteiger partial charge on any atom is 0.334 e. The van der Waals surface area contributed by atoms with Crippen LogP contribution in [0.1, 0.15) is 0 Å². The Morgan fingerprint density at radius 2 is 1.88 bits per heavy atom. The van der Waals surface area contributed by atoms with E-state index < -0.39 is 30.5 Å². The van der Waals surface area contributed by atoms with Crippen molar-refractivity contribution in [2.24, 2.45) is 0 Å². The number of anilines is 1. The summed E-state index contributed by atoms with van der Waals surface area (Å²) in [7, 11) is 0. The van der Waals surface area contributed by atoms with E-state index in [1.165, 1.54) is 24.3 Å². The molecule has 0 saturated heterocycles. The molecule has 0 unspecified atom stereocenters. The molecule has 7 heteroatoms. The van der Waals surface area contributed by atoms with Gasteiger partial charge in [0.25, 0.3) is 0 Å². The van der Waals surface area contributed by atoms with E-state index in [-0.39, 0.29) is 0 Å². The lowest BCUT2D eigenvalue weighted by Crippen LogP contribution is -2.38. The van der Waals surface area contributed by atoms with Crippen molar-refractivity contribution in [3.63, 3.8) is 0 Å². The van der Waals surface area contributed by atoms with E-state index in [0.717, 1.165) is 0 Å². The van der Waals surface area contributed by atoms with Gasteiger partial charge in [0.1, 0.15) is 5.82 Å². The number of aliphatic carboxylic acids is 1. The maximum absolute atomic E-state index is 12.5. The van der Waals surface area contributed by atoms with Gasteiger partial charge >= 0.3 is 12.0 Å². The van der Waals surface area contributed by atoms with E-state index in [1.54, 1.807) is 0 Å². The molecule has 92 valence electrons. The smallest absolute Gasteiger partial charge is 0.334 e. The molecule has 1 aromatic rings. The van der Waals surface area contributed by atoms with Crippen molar-refractivity contribution in [1.29, 1.82) is 0 Å². The number of nitrogens with one attached hydrogen (secondary N) is 2. The molecular weight excluding hydrogens is 231 g/mol. The molecule has 0 aromatic heterocycles. The normalized spacial score (nSPS) is 11.6. The molecular formula is C10H11FN2O4. The number of carbonyl (C=O) groups is 2. The number of urea groups is 1. The van der Waals surface area contributed by atoms with Gasteiger partial charge in [-0.1, -0.05) is 0 Å². The number of carbonyl (C=O) groups excluding carboxylic acids is 1. The zero-order valence-corrected chi connectivity index (χ0v) is 8.68. The van der Waals surface area contributed by atoms with Crippen molar-refractivity contribution in [1.82, 2.24) is 5.32 Å². The third-order valence-corrected chi connectivity index (χ3v) is 1.84. The van der Waals surface area contributed by atoms with Gasteiger partial charge in [-0.15, -0.1) is 0 Å². The second-order valence-corrected chi connectivity index (χ2v) is 3.20. The van der Waals surface area contributed by atoms with Crippen molar-refractivity contribution >= 4 is 17.7 Å². The lowest BCUT2D eigenvalue weighted by atomic mass is 10.3. The summed E-state index contributed by atoms with van der Waals surface area (Å²) in [5.41, 5.74) is 0.355. The van der Waals surface area contributed by atoms with E-state index >= 15 is 0 Å². The number of halogens is 1. The first kappa shape index (κ1) is 12.9. The Bertz CT molecular complexity index is 407. The molecule has 0 aliphatic rings. The van der Waals surface area contributed by atoms with Crippen LogP contribution in [0.15, 0.2) is 24.3 Å². The second kappa shape index (κ2) is 5.80. The van der Waals surface area contributed by atoms with Crippen LogP contribution < -0.4 is 10.6 Å². The quantitative estimate of drug-likeness (QED) is 0.614. The molecule has 17 heavy (non-hydrogen) atoms. The van der Waals surface area contributed by atoms with Gasteiger partial charge < -0.3 is 20.8 Å². The lowest BCUT2D eigenvalue weighted by Gasteiger charge is -2.09. The minimum atomic E-state index is -1.66. The predicted octanol–water partition coefficient (Wildman–Crippen LogP) is 0.393. The molecule has 1 atom stereocenters. The van der Waals surface area contributed by atoms with Crippen LogP contribution in [0, 0.1) is 5.82 Å². The fourth-order valence-electron chi connectivity index (χ4n) is 0.985. The molecule has 0 aliphatic heterocycles. The van der Waals surface area contributed by atoms with E-state index in [0.29, 0.717) is 5.69 Å². The molecule has 0 spiro atoms. The molecule has 0 saturated carbocycles. The van der Waals surface area contributed by atoms with Gasteiger partial charge in [-0.25, -0.2) is 14.0 Å². The van der Waals surface area contributed by atoms with Crippen LogP contribution in [-0.4, -0.2) is 34.9 Å². The lowest BCUT2D eigenvalue weighted by molar-refractivity contribution is -0.146. The van der Waals surface area contributed by atoms with Crippen molar-refractivity contribution in [3.05, 3.63) is 30.1 Å². The average Bonchev–Trinajstić information content (AvgIpc) is 2.29. The average molecular weight is 242 g/mol. The second-order valence-electron chi connectivity index (χ2n) is 3.20. The van der Waals surface area contributed by atoms with Crippen LogP contribution in [0.25, 0.3) is 0 Å². The highest BCUT2D eigenvalue weighted by Crippen LogP contribution is 2.07. The molecule has 1 aromatic carbocycles. The molecule has 0 fully saturated rings. The summed E-state index contributed by atoms with van der Waals surface area (Å²) in [4.78, 5) is 21.4. The number of rotatable bonds is 4. The molecule has 1 rings (SSSR count). The van der Waals surface area contributed by atoms with Crippen LogP contribution in [0.5, 0.6) is 0 Å². The number of benzene rings is 1. The number of aliphatic hydroxyl groups excluding tert-OH is 1. The summed E-state index contributed by atoms with van der Waals surface area (Å²) in [5, 5.41) is 21.7. The molecule has 0 bridgehead atoms. The molecule has 0 radical (unpaired) electrons. The third kappa shape index (κ3) is 4.47. The third-order valence-electron chi connectivity index (χ3n) is 1.84. The summed E-state index contributed by atoms with van der Waals surface area (Å²) in [6, 6.07) is 4.35. The van der Waals surface area contributed by atoms with Crippen molar-refractivity contribution in [2.45, 2.75) is 6.10 Å². The van der Waals surface area contributed by atoms with Crippen LogP contribution >= 0.6 is 0 Å². The highest BCUT2D eigenvalue weighted by Gasteiger charge is 2.13. The summed E-state index contributed by atoms with van der Waals surface area (Å²) >= 11 is 0. The fourth-order valence-corrected chi connectivity index (χ4v) is 0.985. The number of aliphatic hydroxyl groups is 1. The Morgan fingerprint density at radius 3 is 2.41 bits per heavy atom. The van der Waals surface area contributed by atoms with Gasteiger partial charge in [0.15, 0.2) is 6.10 Å². The predicted molar refractivity (Wildman–Crippen MR) is 57.1 cm³/mol. The van der Waals surface area contributed by atoms with Gasteiger partial charge in [0.2, 0.25) is 0 Å². The maximum atomic E-state index is 12.5. The first-order valence-electron chi connectivity index (χ1n) is 4.70. The Hall–Kier alpha value is -2.15. The highest BCUT2D eigenvalue weighted by atomic mass is 19.1. The number of carboxylic acid groups (broad SMARTS) is 1. The van der Waals surface area contributed by atoms with Crippen molar-refractivity contribution in [3.8, 4) is 0 Å². The molecule has 6 nitrogen and oxygen atoms in total. The standard InChI is InChI=1S/C10H11FN2O4/c11-6-1-3-7(4-2-6)13-10(17)12-5-8(14)9(15)16/h1-4,8,14H,5H2,(H,15,16)(H2,12,13,17)/t8-/m0/s1. The van der Waals surface area contributed by atoms with Crippen molar-refractivity contribution < 1.29 is 24.2 Å². The van der Waals surface area contributed by atoms with Crippen LogP contribution in [0.3, 0.4) is 0 Å². The molecule has 4 N–H and O–H groups in total. The van der Waals surface area contributed by atoms with Crippen LogP contribution in [0.2, 0.25) is 0 Å². The summed E-state index contributed by atoms with van der Waals surface area (Å²) in [6.07, 6.45) is -1.66. The molecule has 0 aliphatic carbocycles. The minimum absolute atomic E-state index is 0.355. The zero-order valence-electron chi connectivity index (χ0n) is 8.68. The number of amides is 2. The van der Waals surface area contributed by atoms with Gasteiger partial charge in [-0.05, 0) is 24.3 Å². The Kier molecular flexibility index (Phi) is 4.41. The molecule has 0 heterocycles. The summed E-state index contributed by atoms with van der Waals surface area (Å²) < 4.78 is 12.5. The Morgan fingerprint density at radius 1 is 1.29 bits per heavy atom. The van der Waals surface area contributed by atoms with E-state index in [9.17, 15) is 14.0 Å². The van der Waals surface area contributed by atoms with Gasteiger partial charge in [-0.2, -0.15) is 0 Å². The van der Waals surface area contributed by atoms with E-state index in [1.807, 2.05) is 0 Å². The van der Waals surface area contributed by atoms with Gasteiger partial charge in [-0.3, -0.25) is 0 Å². The Balaban J connectivity index is 2.39. The monoisotopic (exact) mass is 242 g/mol. The zero-order chi connectivity index (χ0) is 12.8.